The summed E-state index contributed by atoms with van der Waals surface area (Å²) in [4.78, 5) is 24.9. The van der Waals surface area contributed by atoms with E-state index in [2.05, 4.69) is 12.2 Å². The number of nitrogens with zero attached hydrogens (tertiary/aromatic N) is 1. The van der Waals surface area contributed by atoms with Crippen LogP contribution in [0.25, 0.3) is 0 Å². The summed E-state index contributed by atoms with van der Waals surface area (Å²) in [6, 6.07) is 2.75. The zero-order valence-corrected chi connectivity index (χ0v) is 11.9. The van der Waals surface area contributed by atoms with Gasteiger partial charge in [0, 0.05) is 24.1 Å². The lowest BCUT2D eigenvalue weighted by Crippen LogP contribution is -2.38. The SMILES string of the molecule is CCC1CN(c2cc3c(cc2F)C(=O)C(=O)N3)CCS1. The third-order valence-electron chi connectivity index (χ3n) is 3.72. The van der Waals surface area contributed by atoms with E-state index >= 15 is 0 Å². The van der Waals surface area contributed by atoms with E-state index in [1.54, 1.807) is 6.07 Å². The van der Waals surface area contributed by atoms with Gasteiger partial charge >= 0.3 is 0 Å². The maximum atomic E-state index is 14.2. The largest absolute Gasteiger partial charge is 0.367 e. The molecule has 1 saturated heterocycles. The highest BCUT2D eigenvalue weighted by molar-refractivity contribution is 8.00. The van der Waals surface area contributed by atoms with Crippen LogP contribution in [0.4, 0.5) is 15.8 Å². The number of rotatable bonds is 2. The van der Waals surface area contributed by atoms with Crippen molar-refractivity contribution >= 4 is 34.8 Å². The van der Waals surface area contributed by atoms with Gasteiger partial charge in [-0.1, -0.05) is 6.92 Å². The van der Waals surface area contributed by atoms with Gasteiger partial charge in [0.05, 0.1) is 16.9 Å². The quantitative estimate of drug-likeness (QED) is 0.850. The summed E-state index contributed by atoms with van der Waals surface area (Å²) in [7, 11) is 0. The molecule has 0 aromatic heterocycles. The molecule has 0 saturated carbocycles. The number of amides is 1. The number of nitrogens with one attached hydrogen (secondary N) is 1. The lowest BCUT2D eigenvalue weighted by molar-refractivity contribution is -0.112. The van der Waals surface area contributed by atoms with Crippen LogP contribution < -0.4 is 10.2 Å². The van der Waals surface area contributed by atoms with Crippen molar-refractivity contribution in [3.8, 4) is 0 Å². The molecule has 1 unspecified atom stereocenters. The number of ketones is 1. The number of benzene rings is 1. The third kappa shape index (κ3) is 2.18. The highest BCUT2D eigenvalue weighted by Crippen LogP contribution is 2.33. The molecule has 106 valence electrons. The molecular weight excluding hydrogens is 279 g/mol. The summed E-state index contributed by atoms with van der Waals surface area (Å²) in [6.45, 7) is 3.69. The van der Waals surface area contributed by atoms with Crippen molar-refractivity contribution in [2.24, 2.45) is 0 Å². The van der Waals surface area contributed by atoms with Crippen molar-refractivity contribution in [3.05, 3.63) is 23.5 Å². The van der Waals surface area contributed by atoms with Crippen molar-refractivity contribution in [1.29, 1.82) is 0 Å². The van der Waals surface area contributed by atoms with E-state index in [4.69, 9.17) is 0 Å². The summed E-state index contributed by atoms with van der Waals surface area (Å²) in [5.41, 5.74) is 1.02. The predicted molar refractivity (Wildman–Crippen MR) is 78.1 cm³/mol. The minimum atomic E-state index is -0.683. The molecule has 0 radical (unpaired) electrons. The maximum Gasteiger partial charge on any atom is 0.296 e. The molecule has 0 aliphatic carbocycles. The molecule has 1 N–H and O–H groups in total. The molecule has 20 heavy (non-hydrogen) atoms. The number of thioether (sulfide) groups is 1. The van der Waals surface area contributed by atoms with Crippen LogP contribution in [-0.2, 0) is 4.79 Å². The topological polar surface area (TPSA) is 49.4 Å². The number of hydrogen-bond acceptors (Lipinski definition) is 4. The molecule has 6 heteroatoms. The van der Waals surface area contributed by atoms with Crippen molar-refractivity contribution in [3.63, 3.8) is 0 Å². The second-order valence-corrected chi connectivity index (χ2v) is 6.39. The molecule has 1 fully saturated rings. The fourth-order valence-corrected chi connectivity index (χ4v) is 3.76. The number of Topliss-reactive ketones (excluding diaryl/α,β-unsaturated/α-hetero) is 1. The summed E-state index contributed by atoms with van der Waals surface area (Å²) < 4.78 is 14.2. The Hall–Kier alpha value is -1.56. The highest BCUT2D eigenvalue weighted by Gasteiger charge is 2.31. The van der Waals surface area contributed by atoms with Gasteiger partial charge in [0.25, 0.3) is 11.7 Å². The van der Waals surface area contributed by atoms with E-state index in [0.29, 0.717) is 16.6 Å². The van der Waals surface area contributed by atoms with Gasteiger partial charge in [-0.3, -0.25) is 9.59 Å². The molecule has 1 atom stereocenters. The smallest absolute Gasteiger partial charge is 0.296 e. The van der Waals surface area contributed by atoms with Crippen molar-refractivity contribution < 1.29 is 14.0 Å². The Morgan fingerprint density at radius 1 is 1.45 bits per heavy atom. The normalized spacial score (nSPS) is 21.9. The first-order chi connectivity index (χ1) is 9.60. The highest BCUT2D eigenvalue weighted by atomic mass is 32.2. The van der Waals surface area contributed by atoms with E-state index in [1.165, 1.54) is 6.07 Å². The Balaban J connectivity index is 1.93. The van der Waals surface area contributed by atoms with Crippen LogP contribution in [0.3, 0.4) is 0 Å². The number of halogens is 1. The average Bonchev–Trinajstić information content (AvgIpc) is 2.73. The molecule has 4 nitrogen and oxygen atoms in total. The van der Waals surface area contributed by atoms with Crippen LogP contribution in [0, 0.1) is 5.82 Å². The first-order valence-corrected chi connectivity index (χ1v) is 7.70. The molecular formula is C14H15FN2O2S. The van der Waals surface area contributed by atoms with Crippen molar-refractivity contribution in [1.82, 2.24) is 0 Å². The Kier molecular flexibility index (Phi) is 3.41. The number of fused-ring (bicyclic) bond motifs is 1. The van der Waals surface area contributed by atoms with Crippen LogP contribution >= 0.6 is 11.8 Å². The molecule has 3 rings (SSSR count). The summed E-state index contributed by atoms with van der Waals surface area (Å²) in [5, 5.41) is 2.99. The van der Waals surface area contributed by atoms with E-state index < -0.39 is 17.5 Å². The lowest BCUT2D eigenvalue weighted by atomic mass is 10.1. The minimum absolute atomic E-state index is 0.134. The van der Waals surface area contributed by atoms with Crippen molar-refractivity contribution in [2.75, 3.05) is 29.1 Å². The van der Waals surface area contributed by atoms with Gasteiger partial charge in [-0.15, -0.1) is 0 Å². The Labute approximate surface area is 120 Å². The number of anilines is 2. The minimum Gasteiger partial charge on any atom is -0.367 e. The van der Waals surface area contributed by atoms with Gasteiger partial charge in [0.15, 0.2) is 0 Å². The van der Waals surface area contributed by atoms with Gasteiger partial charge in [0.2, 0.25) is 0 Å². The molecule has 1 amide bonds. The third-order valence-corrected chi connectivity index (χ3v) is 5.09. The summed E-state index contributed by atoms with van der Waals surface area (Å²) in [5.74, 6) is -0.820. The Bertz CT molecular complexity index is 591. The fraction of sp³-hybridized carbons (Fsp3) is 0.429. The van der Waals surface area contributed by atoms with E-state index in [-0.39, 0.29) is 5.56 Å². The molecule has 1 aromatic carbocycles. The van der Waals surface area contributed by atoms with Crippen LogP contribution in [0.15, 0.2) is 12.1 Å². The van der Waals surface area contributed by atoms with Crippen LogP contribution in [0.1, 0.15) is 23.7 Å². The van der Waals surface area contributed by atoms with E-state index in [1.807, 2.05) is 16.7 Å². The molecule has 0 bridgehead atoms. The maximum absolute atomic E-state index is 14.2. The Morgan fingerprint density at radius 3 is 3.00 bits per heavy atom. The standard InChI is InChI=1S/C14H15FN2O2S/c1-2-8-7-17(3-4-20-8)12-6-11-9(5-10(12)15)13(18)14(19)16-11/h5-6,8H,2-4,7H2,1H3,(H,16,18,19). The molecule has 2 aliphatic heterocycles. The van der Waals surface area contributed by atoms with Gasteiger partial charge in [-0.05, 0) is 18.6 Å². The zero-order valence-electron chi connectivity index (χ0n) is 11.1. The zero-order chi connectivity index (χ0) is 14.3. The second kappa shape index (κ2) is 5.09. The molecule has 1 aromatic rings. The van der Waals surface area contributed by atoms with E-state index in [0.717, 1.165) is 25.3 Å². The monoisotopic (exact) mass is 294 g/mol. The number of carbonyl (C=O) groups is 2. The van der Waals surface area contributed by atoms with Crippen LogP contribution in [-0.4, -0.2) is 35.8 Å². The van der Waals surface area contributed by atoms with Gasteiger partial charge in [-0.25, -0.2) is 4.39 Å². The van der Waals surface area contributed by atoms with Crippen LogP contribution in [0.2, 0.25) is 0 Å². The summed E-state index contributed by atoms with van der Waals surface area (Å²) in [6.07, 6.45) is 1.04. The molecule has 2 heterocycles. The fourth-order valence-electron chi connectivity index (χ4n) is 2.58. The predicted octanol–water partition coefficient (Wildman–Crippen LogP) is 2.29. The first kappa shape index (κ1) is 13.4. The average molecular weight is 294 g/mol. The van der Waals surface area contributed by atoms with Gasteiger partial charge in [0.1, 0.15) is 5.82 Å². The summed E-state index contributed by atoms with van der Waals surface area (Å²) >= 11 is 1.91. The van der Waals surface area contributed by atoms with E-state index in [9.17, 15) is 14.0 Å². The molecule has 0 spiro atoms. The first-order valence-electron chi connectivity index (χ1n) is 6.66. The number of carbonyl (C=O) groups excluding carboxylic acids is 2. The van der Waals surface area contributed by atoms with Gasteiger partial charge < -0.3 is 10.2 Å². The van der Waals surface area contributed by atoms with Gasteiger partial charge in [-0.2, -0.15) is 11.8 Å². The second-order valence-electron chi connectivity index (χ2n) is 4.98. The van der Waals surface area contributed by atoms with Crippen molar-refractivity contribution in [2.45, 2.75) is 18.6 Å². The lowest BCUT2D eigenvalue weighted by Gasteiger charge is -2.34. The molecule has 2 aliphatic rings. The van der Waals surface area contributed by atoms with Crippen LogP contribution in [0.5, 0.6) is 0 Å². The number of hydrogen-bond donors (Lipinski definition) is 1. The Morgan fingerprint density at radius 2 is 2.25 bits per heavy atom.